The van der Waals surface area contributed by atoms with Crippen molar-refractivity contribution < 1.29 is 18.3 Å². The van der Waals surface area contributed by atoms with Gasteiger partial charge in [-0.2, -0.15) is 0 Å². The van der Waals surface area contributed by atoms with Crippen molar-refractivity contribution in [1.82, 2.24) is 14.7 Å². The van der Waals surface area contributed by atoms with Crippen LogP contribution < -0.4 is 9.46 Å². The predicted molar refractivity (Wildman–Crippen MR) is 76.4 cm³/mol. The number of nitrogens with one attached hydrogen (secondary N) is 2. The van der Waals surface area contributed by atoms with Crippen molar-refractivity contribution in [3.8, 4) is 5.75 Å². The molecule has 3 N–H and O–H groups in total. The molecule has 1 heterocycles. The van der Waals surface area contributed by atoms with Crippen molar-refractivity contribution in [3.05, 3.63) is 42.0 Å². The average molecular weight is 311 g/mol. The Kier molecular flexibility index (Phi) is 4.94. The van der Waals surface area contributed by atoms with E-state index in [4.69, 9.17) is 4.74 Å². The highest BCUT2D eigenvalue weighted by Crippen LogP contribution is 2.22. The summed E-state index contributed by atoms with van der Waals surface area (Å²) in [6.07, 6.45) is 3.76. The van der Waals surface area contributed by atoms with E-state index < -0.39 is 10.0 Å². The van der Waals surface area contributed by atoms with Crippen molar-refractivity contribution in [1.29, 1.82) is 0 Å². The zero-order valence-corrected chi connectivity index (χ0v) is 12.4. The topological polar surface area (TPSA) is 104 Å². The highest BCUT2D eigenvalue weighted by Gasteiger charge is 2.16. The summed E-state index contributed by atoms with van der Waals surface area (Å²) in [6.45, 7) is -0.0603. The number of nitrogens with zero attached hydrogens (tertiary/aromatic N) is 1. The summed E-state index contributed by atoms with van der Waals surface area (Å²) in [5.41, 5.74) is 0.423. The maximum Gasteiger partial charge on any atom is 0.240 e. The number of hydrogen-bond acceptors (Lipinski definition) is 5. The van der Waals surface area contributed by atoms with Crippen LogP contribution in [0.5, 0.6) is 5.75 Å². The molecule has 0 aliphatic rings. The van der Waals surface area contributed by atoms with Crippen molar-refractivity contribution in [2.24, 2.45) is 0 Å². The minimum atomic E-state index is -3.63. The van der Waals surface area contributed by atoms with Crippen LogP contribution >= 0.6 is 0 Å². The number of rotatable bonds is 7. The lowest BCUT2D eigenvalue weighted by molar-refractivity contribution is 0.273. The van der Waals surface area contributed by atoms with Crippen LogP contribution in [0, 0.1) is 0 Å². The van der Waals surface area contributed by atoms with Crippen LogP contribution in [0.2, 0.25) is 0 Å². The number of aromatic amines is 1. The van der Waals surface area contributed by atoms with Gasteiger partial charge in [-0.3, -0.25) is 0 Å². The lowest BCUT2D eigenvalue weighted by Crippen LogP contribution is -2.26. The van der Waals surface area contributed by atoms with Crippen LogP contribution in [-0.2, 0) is 23.1 Å². The van der Waals surface area contributed by atoms with Crippen molar-refractivity contribution >= 4 is 10.0 Å². The zero-order valence-electron chi connectivity index (χ0n) is 11.5. The molecule has 0 atom stereocenters. The highest BCUT2D eigenvalue weighted by molar-refractivity contribution is 7.89. The molecule has 8 heteroatoms. The molecule has 114 valence electrons. The molecule has 0 saturated carbocycles. The molecule has 0 fully saturated rings. The SMILES string of the molecule is COc1ccc(S(=O)(=O)NCCc2ncc[nH]2)cc1CO. The fourth-order valence-electron chi connectivity index (χ4n) is 1.87. The van der Waals surface area contributed by atoms with Crippen molar-refractivity contribution in [3.63, 3.8) is 0 Å². The van der Waals surface area contributed by atoms with Crippen LogP contribution in [-0.4, -0.2) is 37.1 Å². The van der Waals surface area contributed by atoms with Crippen LogP contribution in [0.3, 0.4) is 0 Å². The molecule has 0 radical (unpaired) electrons. The molecular formula is C13H17N3O4S. The Morgan fingerprint density at radius 3 is 2.86 bits per heavy atom. The summed E-state index contributed by atoms with van der Waals surface area (Å²) in [5, 5.41) is 9.23. The van der Waals surface area contributed by atoms with Gasteiger partial charge in [0.2, 0.25) is 10.0 Å². The number of ether oxygens (including phenoxy) is 1. The number of sulfonamides is 1. The molecule has 2 aromatic rings. The molecule has 1 aromatic heterocycles. The maximum absolute atomic E-state index is 12.2. The quantitative estimate of drug-likeness (QED) is 0.688. The van der Waals surface area contributed by atoms with Gasteiger partial charge in [0.05, 0.1) is 18.6 Å². The number of aliphatic hydroxyl groups excluding tert-OH is 1. The lowest BCUT2D eigenvalue weighted by atomic mass is 10.2. The number of hydrogen-bond donors (Lipinski definition) is 3. The van der Waals surface area contributed by atoms with Gasteiger partial charge in [-0.15, -0.1) is 0 Å². The third kappa shape index (κ3) is 3.81. The first-order valence-corrected chi connectivity index (χ1v) is 7.81. The van der Waals surface area contributed by atoms with Crippen molar-refractivity contribution in [2.75, 3.05) is 13.7 Å². The van der Waals surface area contributed by atoms with Gasteiger partial charge in [-0.25, -0.2) is 18.1 Å². The fraction of sp³-hybridized carbons (Fsp3) is 0.308. The summed E-state index contributed by atoms with van der Waals surface area (Å²) in [6, 6.07) is 4.36. The van der Waals surface area contributed by atoms with E-state index in [0.717, 1.165) is 0 Å². The number of benzene rings is 1. The van der Waals surface area contributed by atoms with Crippen LogP contribution in [0.15, 0.2) is 35.5 Å². The Morgan fingerprint density at radius 1 is 1.43 bits per heavy atom. The lowest BCUT2D eigenvalue weighted by Gasteiger charge is -2.10. The summed E-state index contributed by atoms with van der Waals surface area (Å²) in [4.78, 5) is 7.01. The van der Waals surface area contributed by atoms with Crippen LogP contribution in [0.4, 0.5) is 0 Å². The Balaban J connectivity index is 2.08. The van der Waals surface area contributed by atoms with E-state index in [-0.39, 0.29) is 18.0 Å². The summed E-state index contributed by atoms with van der Waals surface area (Å²) >= 11 is 0. The van der Waals surface area contributed by atoms with E-state index in [1.54, 1.807) is 12.4 Å². The van der Waals surface area contributed by atoms with E-state index in [9.17, 15) is 13.5 Å². The molecular weight excluding hydrogens is 294 g/mol. The van der Waals surface area contributed by atoms with Gasteiger partial charge >= 0.3 is 0 Å². The van der Waals surface area contributed by atoms with Gasteiger partial charge in [-0.1, -0.05) is 0 Å². The van der Waals surface area contributed by atoms with E-state index >= 15 is 0 Å². The molecule has 0 aliphatic carbocycles. The van der Waals surface area contributed by atoms with Crippen LogP contribution in [0.25, 0.3) is 0 Å². The molecule has 2 rings (SSSR count). The van der Waals surface area contributed by atoms with Crippen molar-refractivity contribution in [2.45, 2.75) is 17.9 Å². The molecule has 21 heavy (non-hydrogen) atoms. The standard InChI is InChI=1S/C13H17N3O4S/c1-20-12-3-2-11(8-10(12)9-17)21(18,19)16-5-4-13-14-6-7-15-13/h2-3,6-8,16-17H,4-5,9H2,1H3,(H,14,15). The first-order chi connectivity index (χ1) is 10.1. The first kappa shape index (κ1) is 15.5. The molecule has 0 amide bonds. The van der Waals surface area contributed by atoms with Gasteiger partial charge in [0, 0.05) is 30.9 Å². The van der Waals surface area contributed by atoms with Gasteiger partial charge < -0.3 is 14.8 Å². The Hall–Kier alpha value is -1.90. The second-order valence-electron chi connectivity index (χ2n) is 4.32. The third-order valence-corrected chi connectivity index (χ3v) is 4.40. The normalized spacial score (nSPS) is 11.5. The van der Waals surface area contributed by atoms with Gasteiger partial charge in [-0.05, 0) is 18.2 Å². The number of methoxy groups -OCH3 is 1. The minimum absolute atomic E-state index is 0.0896. The Labute approximate surface area is 123 Å². The van der Waals surface area contributed by atoms with Gasteiger partial charge in [0.15, 0.2) is 0 Å². The monoisotopic (exact) mass is 311 g/mol. The first-order valence-electron chi connectivity index (χ1n) is 6.32. The zero-order chi connectivity index (χ0) is 15.3. The van der Waals surface area contributed by atoms with Gasteiger partial charge in [0.25, 0.3) is 0 Å². The number of aromatic nitrogens is 2. The Bertz CT molecular complexity index is 683. The van der Waals surface area contributed by atoms with E-state index in [1.807, 2.05) is 0 Å². The van der Waals surface area contributed by atoms with E-state index in [2.05, 4.69) is 14.7 Å². The van der Waals surface area contributed by atoms with E-state index in [1.165, 1.54) is 25.3 Å². The smallest absolute Gasteiger partial charge is 0.240 e. The largest absolute Gasteiger partial charge is 0.496 e. The minimum Gasteiger partial charge on any atom is -0.496 e. The summed E-state index contributed by atoms with van der Waals surface area (Å²) in [7, 11) is -2.17. The molecule has 0 spiro atoms. The average Bonchev–Trinajstić information content (AvgIpc) is 2.99. The summed E-state index contributed by atoms with van der Waals surface area (Å²) in [5.74, 6) is 1.16. The second kappa shape index (κ2) is 6.70. The number of imidazole rings is 1. The molecule has 0 unspecified atom stereocenters. The number of H-pyrrole nitrogens is 1. The molecule has 0 bridgehead atoms. The molecule has 0 saturated heterocycles. The summed E-state index contributed by atoms with van der Waals surface area (Å²) < 4.78 is 31.9. The molecule has 7 nitrogen and oxygen atoms in total. The predicted octanol–water partition coefficient (Wildman–Crippen LogP) is 0.432. The third-order valence-electron chi connectivity index (χ3n) is 2.94. The fourth-order valence-corrected chi connectivity index (χ4v) is 2.95. The highest BCUT2D eigenvalue weighted by atomic mass is 32.2. The van der Waals surface area contributed by atoms with Crippen LogP contribution in [0.1, 0.15) is 11.4 Å². The number of aliphatic hydroxyl groups is 1. The molecule has 0 aliphatic heterocycles. The van der Waals surface area contributed by atoms with Gasteiger partial charge in [0.1, 0.15) is 11.6 Å². The Morgan fingerprint density at radius 2 is 2.24 bits per heavy atom. The molecule has 1 aromatic carbocycles. The van der Waals surface area contributed by atoms with E-state index in [0.29, 0.717) is 23.6 Å². The second-order valence-corrected chi connectivity index (χ2v) is 6.08. The maximum atomic E-state index is 12.2.